The maximum Gasteiger partial charge on any atom is 0.178 e. The summed E-state index contributed by atoms with van der Waals surface area (Å²) in [7, 11) is 0. The average Bonchev–Trinajstić information content (AvgIpc) is 3.07. The minimum absolute atomic E-state index is 0.236. The van der Waals surface area contributed by atoms with E-state index in [1.165, 1.54) is 11.4 Å². The third-order valence-corrected chi connectivity index (χ3v) is 5.01. The molecule has 4 nitrogen and oxygen atoms in total. The SMILES string of the molecule is CCn1c(C)cc(C(=O)CN2CCn3cccc3[C@H]2C)c1C. The molecule has 0 bridgehead atoms. The first-order valence-corrected chi connectivity index (χ1v) is 8.12. The summed E-state index contributed by atoms with van der Waals surface area (Å²) in [4.78, 5) is 15.0. The molecule has 1 atom stereocenters. The van der Waals surface area contributed by atoms with Gasteiger partial charge in [-0.1, -0.05) is 0 Å². The van der Waals surface area contributed by atoms with Crippen LogP contribution in [0.1, 0.15) is 47.3 Å². The monoisotopic (exact) mass is 299 g/mol. The van der Waals surface area contributed by atoms with Gasteiger partial charge in [0.2, 0.25) is 0 Å². The highest BCUT2D eigenvalue weighted by Gasteiger charge is 2.26. The van der Waals surface area contributed by atoms with Crippen molar-refractivity contribution in [3.05, 3.63) is 47.0 Å². The first-order chi connectivity index (χ1) is 10.5. The van der Waals surface area contributed by atoms with Crippen molar-refractivity contribution < 1.29 is 4.79 Å². The lowest BCUT2D eigenvalue weighted by molar-refractivity contribution is 0.0867. The van der Waals surface area contributed by atoms with Gasteiger partial charge in [-0.2, -0.15) is 0 Å². The molecule has 3 heterocycles. The fourth-order valence-electron chi connectivity index (χ4n) is 3.68. The Morgan fingerprint density at radius 3 is 2.77 bits per heavy atom. The first-order valence-electron chi connectivity index (χ1n) is 8.12. The number of ketones is 1. The van der Waals surface area contributed by atoms with Crippen molar-refractivity contribution in [1.82, 2.24) is 14.0 Å². The Bertz CT molecular complexity index is 695. The molecule has 0 spiro atoms. The summed E-state index contributed by atoms with van der Waals surface area (Å²) in [6, 6.07) is 6.58. The first kappa shape index (κ1) is 15.1. The molecule has 1 aliphatic heterocycles. The second kappa shape index (κ2) is 5.76. The van der Waals surface area contributed by atoms with E-state index >= 15 is 0 Å². The van der Waals surface area contributed by atoms with E-state index in [0.29, 0.717) is 12.6 Å². The van der Waals surface area contributed by atoms with Crippen LogP contribution in [-0.2, 0) is 13.1 Å². The molecule has 0 amide bonds. The lowest BCUT2D eigenvalue weighted by Gasteiger charge is -2.34. The van der Waals surface area contributed by atoms with Crippen LogP contribution in [0, 0.1) is 13.8 Å². The Kier molecular flexibility index (Phi) is 3.96. The van der Waals surface area contributed by atoms with Crippen LogP contribution in [0.2, 0.25) is 0 Å². The standard InChI is InChI=1S/C18H25N3O/c1-5-21-13(2)11-16(14(21)3)18(22)12-20-10-9-19-8-6-7-17(19)15(20)4/h6-8,11,15H,5,9-10,12H2,1-4H3/t15-/m1/s1. The van der Waals surface area contributed by atoms with Crippen LogP contribution in [-0.4, -0.2) is 32.9 Å². The van der Waals surface area contributed by atoms with Gasteiger partial charge in [-0.3, -0.25) is 9.69 Å². The van der Waals surface area contributed by atoms with E-state index in [1.807, 2.05) is 6.07 Å². The van der Waals surface area contributed by atoms with Crippen LogP contribution >= 0.6 is 0 Å². The molecule has 0 aliphatic carbocycles. The summed E-state index contributed by atoms with van der Waals surface area (Å²) in [6.07, 6.45) is 2.12. The number of carbonyl (C=O) groups excluding carboxylic acids is 1. The van der Waals surface area contributed by atoms with Crippen molar-refractivity contribution in [3.8, 4) is 0 Å². The smallest absolute Gasteiger partial charge is 0.178 e. The highest BCUT2D eigenvalue weighted by molar-refractivity contribution is 5.99. The molecule has 118 valence electrons. The molecule has 0 radical (unpaired) electrons. The van der Waals surface area contributed by atoms with Crippen molar-refractivity contribution in [2.24, 2.45) is 0 Å². The van der Waals surface area contributed by atoms with Crippen molar-refractivity contribution in [3.63, 3.8) is 0 Å². The normalized spacial score (nSPS) is 18.5. The van der Waals surface area contributed by atoms with Crippen molar-refractivity contribution in [1.29, 1.82) is 0 Å². The predicted octanol–water partition coefficient (Wildman–Crippen LogP) is 3.19. The minimum atomic E-state index is 0.236. The number of hydrogen-bond acceptors (Lipinski definition) is 2. The highest BCUT2D eigenvalue weighted by atomic mass is 16.1. The van der Waals surface area contributed by atoms with Gasteiger partial charge in [-0.15, -0.1) is 0 Å². The van der Waals surface area contributed by atoms with Gasteiger partial charge in [0.05, 0.1) is 6.54 Å². The van der Waals surface area contributed by atoms with Gasteiger partial charge in [-0.05, 0) is 45.9 Å². The van der Waals surface area contributed by atoms with Crippen molar-refractivity contribution >= 4 is 5.78 Å². The summed E-state index contributed by atoms with van der Waals surface area (Å²) in [6.45, 7) is 11.7. The number of aryl methyl sites for hydroxylation is 1. The summed E-state index contributed by atoms with van der Waals surface area (Å²) in [5, 5.41) is 0. The molecule has 3 rings (SSSR count). The fourth-order valence-corrected chi connectivity index (χ4v) is 3.68. The Morgan fingerprint density at radius 1 is 1.32 bits per heavy atom. The number of rotatable bonds is 4. The summed E-state index contributed by atoms with van der Waals surface area (Å²) in [5.41, 5.74) is 4.45. The van der Waals surface area contributed by atoms with E-state index in [-0.39, 0.29) is 5.78 Å². The fraction of sp³-hybridized carbons (Fsp3) is 0.500. The molecule has 4 heteroatoms. The summed E-state index contributed by atoms with van der Waals surface area (Å²) >= 11 is 0. The molecule has 0 saturated carbocycles. The number of fused-ring (bicyclic) bond motifs is 1. The van der Waals surface area contributed by atoms with E-state index in [9.17, 15) is 4.79 Å². The molecule has 2 aromatic rings. The van der Waals surface area contributed by atoms with E-state index in [2.05, 4.69) is 60.1 Å². The van der Waals surface area contributed by atoms with E-state index in [4.69, 9.17) is 0 Å². The third kappa shape index (κ3) is 2.41. The van der Waals surface area contributed by atoms with Gasteiger partial charge in [0.25, 0.3) is 0 Å². The molecule has 2 aromatic heterocycles. The Labute approximate surface area is 132 Å². The number of carbonyl (C=O) groups is 1. The van der Waals surface area contributed by atoms with Gasteiger partial charge in [0, 0.05) is 54.5 Å². The summed E-state index contributed by atoms with van der Waals surface area (Å²) in [5.74, 6) is 0.236. The van der Waals surface area contributed by atoms with Crippen molar-refractivity contribution in [2.75, 3.05) is 13.1 Å². The minimum Gasteiger partial charge on any atom is -0.349 e. The summed E-state index contributed by atoms with van der Waals surface area (Å²) < 4.78 is 4.49. The molecule has 1 aliphatic rings. The van der Waals surface area contributed by atoms with Gasteiger partial charge in [-0.25, -0.2) is 0 Å². The van der Waals surface area contributed by atoms with Crippen LogP contribution in [0.3, 0.4) is 0 Å². The maximum atomic E-state index is 12.7. The van der Waals surface area contributed by atoms with Crippen LogP contribution < -0.4 is 0 Å². The number of aromatic nitrogens is 2. The quantitative estimate of drug-likeness (QED) is 0.812. The number of hydrogen-bond donors (Lipinski definition) is 0. The number of Topliss-reactive ketones (excluding diaryl/α,β-unsaturated/α-hetero) is 1. The molecule has 0 fully saturated rings. The Morgan fingerprint density at radius 2 is 2.09 bits per heavy atom. The Hall–Kier alpha value is -1.81. The zero-order chi connectivity index (χ0) is 15.9. The zero-order valence-corrected chi connectivity index (χ0v) is 14.0. The van der Waals surface area contributed by atoms with E-state index < -0.39 is 0 Å². The van der Waals surface area contributed by atoms with Crippen LogP contribution in [0.15, 0.2) is 24.4 Å². The average molecular weight is 299 g/mol. The van der Waals surface area contributed by atoms with Crippen LogP contribution in [0.25, 0.3) is 0 Å². The Balaban J connectivity index is 1.78. The highest BCUT2D eigenvalue weighted by Crippen LogP contribution is 2.26. The van der Waals surface area contributed by atoms with Gasteiger partial charge in [0.1, 0.15) is 0 Å². The molecular formula is C18H25N3O. The topological polar surface area (TPSA) is 30.2 Å². The lowest BCUT2D eigenvalue weighted by Crippen LogP contribution is -2.39. The predicted molar refractivity (Wildman–Crippen MR) is 88.3 cm³/mol. The van der Waals surface area contributed by atoms with Crippen molar-refractivity contribution in [2.45, 2.75) is 46.8 Å². The molecule has 0 N–H and O–H groups in total. The molecule has 0 saturated heterocycles. The number of nitrogens with zero attached hydrogens (tertiary/aromatic N) is 3. The second-order valence-electron chi connectivity index (χ2n) is 6.23. The van der Waals surface area contributed by atoms with Gasteiger partial charge in [0.15, 0.2) is 5.78 Å². The van der Waals surface area contributed by atoms with Crippen LogP contribution in [0.5, 0.6) is 0 Å². The maximum absolute atomic E-state index is 12.7. The third-order valence-electron chi connectivity index (χ3n) is 5.01. The largest absolute Gasteiger partial charge is 0.349 e. The van der Waals surface area contributed by atoms with Gasteiger partial charge >= 0.3 is 0 Å². The molecule has 0 aromatic carbocycles. The second-order valence-corrected chi connectivity index (χ2v) is 6.23. The molecule has 22 heavy (non-hydrogen) atoms. The van der Waals surface area contributed by atoms with E-state index in [0.717, 1.165) is 30.9 Å². The molecule has 0 unspecified atom stereocenters. The lowest BCUT2D eigenvalue weighted by atomic mass is 10.1. The van der Waals surface area contributed by atoms with E-state index in [1.54, 1.807) is 0 Å². The van der Waals surface area contributed by atoms with Gasteiger partial charge < -0.3 is 9.13 Å². The molecular weight excluding hydrogens is 274 g/mol. The van der Waals surface area contributed by atoms with Crippen LogP contribution in [0.4, 0.5) is 0 Å². The zero-order valence-electron chi connectivity index (χ0n) is 14.0.